The molecule has 31 heavy (non-hydrogen) atoms. The van der Waals surface area contributed by atoms with Gasteiger partial charge in [-0.3, -0.25) is 9.59 Å². The van der Waals surface area contributed by atoms with E-state index >= 15 is 0 Å². The van der Waals surface area contributed by atoms with E-state index < -0.39 is 11.9 Å². The zero-order valence-electron chi connectivity index (χ0n) is 17.2. The Morgan fingerprint density at radius 3 is 2.52 bits per heavy atom. The van der Waals surface area contributed by atoms with Crippen molar-refractivity contribution >= 4 is 11.8 Å². The average Bonchev–Trinajstić information content (AvgIpc) is 3.34. The van der Waals surface area contributed by atoms with Gasteiger partial charge in [0.05, 0.1) is 12.8 Å². The van der Waals surface area contributed by atoms with Gasteiger partial charge in [-0.25, -0.2) is 0 Å². The normalized spacial score (nSPS) is 15.7. The van der Waals surface area contributed by atoms with Crippen LogP contribution in [-0.2, 0) is 11.2 Å². The molecule has 0 spiro atoms. The SMILES string of the molecule is CN(C[C@H]1COc2ccccc2O1)C(=O)[C@H](Cc1ccccc1)NC(=O)c1ccco1. The van der Waals surface area contributed by atoms with Crippen molar-refractivity contribution < 1.29 is 23.5 Å². The summed E-state index contributed by atoms with van der Waals surface area (Å²) in [5.74, 6) is 0.867. The van der Waals surface area contributed by atoms with E-state index in [9.17, 15) is 9.59 Å². The second kappa shape index (κ2) is 9.38. The minimum absolute atomic E-state index is 0.161. The Balaban J connectivity index is 1.44. The van der Waals surface area contributed by atoms with Crippen molar-refractivity contribution in [3.05, 3.63) is 84.3 Å². The molecule has 2 heterocycles. The van der Waals surface area contributed by atoms with E-state index in [1.165, 1.54) is 6.26 Å². The van der Waals surface area contributed by atoms with Crippen molar-refractivity contribution in [2.75, 3.05) is 20.2 Å². The van der Waals surface area contributed by atoms with Gasteiger partial charge in [-0.2, -0.15) is 0 Å². The zero-order chi connectivity index (χ0) is 21.6. The van der Waals surface area contributed by atoms with Gasteiger partial charge in [-0.05, 0) is 29.8 Å². The summed E-state index contributed by atoms with van der Waals surface area (Å²) in [7, 11) is 1.70. The van der Waals surface area contributed by atoms with Gasteiger partial charge in [0.1, 0.15) is 12.6 Å². The molecule has 7 nitrogen and oxygen atoms in total. The Morgan fingerprint density at radius 1 is 1.03 bits per heavy atom. The highest BCUT2D eigenvalue weighted by Crippen LogP contribution is 2.31. The molecule has 1 aliphatic heterocycles. The van der Waals surface area contributed by atoms with Gasteiger partial charge in [0.2, 0.25) is 5.91 Å². The van der Waals surface area contributed by atoms with Crippen LogP contribution in [0.15, 0.2) is 77.4 Å². The Morgan fingerprint density at radius 2 is 1.77 bits per heavy atom. The monoisotopic (exact) mass is 420 g/mol. The van der Waals surface area contributed by atoms with Crippen molar-refractivity contribution in [2.24, 2.45) is 0 Å². The maximum absolute atomic E-state index is 13.3. The van der Waals surface area contributed by atoms with Crippen molar-refractivity contribution in [3.63, 3.8) is 0 Å². The number of fused-ring (bicyclic) bond motifs is 1. The first-order valence-electron chi connectivity index (χ1n) is 10.1. The summed E-state index contributed by atoms with van der Waals surface area (Å²) in [4.78, 5) is 27.4. The number of hydrogen-bond donors (Lipinski definition) is 1. The van der Waals surface area contributed by atoms with E-state index in [0.717, 1.165) is 5.56 Å². The van der Waals surface area contributed by atoms with E-state index in [0.29, 0.717) is 31.1 Å². The fraction of sp³-hybridized carbons (Fsp3) is 0.250. The summed E-state index contributed by atoms with van der Waals surface area (Å²) in [5, 5.41) is 2.81. The molecule has 7 heteroatoms. The number of amides is 2. The van der Waals surface area contributed by atoms with E-state index in [2.05, 4.69) is 5.32 Å². The lowest BCUT2D eigenvalue weighted by atomic mass is 10.0. The van der Waals surface area contributed by atoms with Crippen LogP contribution in [-0.4, -0.2) is 49.1 Å². The predicted molar refractivity (Wildman–Crippen MR) is 114 cm³/mol. The number of para-hydroxylation sites is 2. The molecule has 0 bridgehead atoms. The molecule has 160 valence electrons. The molecule has 0 saturated heterocycles. The fourth-order valence-corrected chi connectivity index (χ4v) is 3.50. The van der Waals surface area contributed by atoms with Crippen molar-refractivity contribution in [3.8, 4) is 11.5 Å². The minimum atomic E-state index is -0.748. The summed E-state index contributed by atoms with van der Waals surface area (Å²) in [6.45, 7) is 0.672. The van der Waals surface area contributed by atoms with Gasteiger partial charge >= 0.3 is 0 Å². The number of ether oxygens (including phenoxy) is 2. The Bertz CT molecular complexity index is 1020. The number of carbonyl (C=O) groups is 2. The van der Waals surface area contributed by atoms with E-state index in [1.54, 1.807) is 24.1 Å². The largest absolute Gasteiger partial charge is 0.486 e. The number of benzene rings is 2. The average molecular weight is 420 g/mol. The van der Waals surface area contributed by atoms with E-state index in [4.69, 9.17) is 13.9 Å². The Kier molecular flexibility index (Phi) is 6.21. The lowest BCUT2D eigenvalue weighted by molar-refractivity contribution is -0.133. The summed E-state index contributed by atoms with van der Waals surface area (Å²) < 4.78 is 16.9. The van der Waals surface area contributed by atoms with Crippen LogP contribution in [0.1, 0.15) is 16.1 Å². The fourth-order valence-electron chi connectivity index (χ4n) is 3.50. The lowest BCUT2D eigenvalue weighted by Crippen LogP contribution is -2.51. The van der Waals surface area contributed by atoms with Gasteiger partial charge in [0.15, 0.2) is 23.4 Å². The lowest BCUT2D eigenvalue weighted by Gasteiger charge is -2.31. The molecule has 2 amide bonds. The highest BCUT2D eigenvalue weighted by Gasteiger charge is 2.29. The van der Waals surface area contributed by atoms with E-state index in [-0.39, 0.29) is 17.8 Å². The molecule has 2 atom stereocenters. The van der Waals surface area contributed by atoms with Crippen LogP contribution in [0, 0.1) is 0 Å². The molecule has 0 saturated carbocycles. The molecule has 1 aliphatic rings. The van der Waals surface area contributed by atoms with Crippen molar-refractivity contribution in [2.45, 2.75) is 18.6 Å². The smallest absolute Gasteiger partial charge is 0.287 e. The van der Waals surface area contributed by atoms with Gasteiger partial charge in [0.25, 0.3) is 5.91 Å². The molecule has 1 aromatic heterocycles. The number of likely N-dealkylation sites (N-methyl/N-ethyl adjacent to an activating group) is 1. The molecule has 0 radical (unpaired) electrons. The van der Waals surface area contributed by atoms with Crippen LogP contribution >= 0.6 is 0 Å². The number of hydrogen-bond acceptors (Lipinski definition) is 5. The first-order valence-corrected chi connectivity index (χ1v) is 10.1. The summed E-state index contributed by atoms with van der Waals surface area (Å²) in [6.07, 6.45) is 1.48. The third-order valence-electron chi connectivity index (χ3n) is 5.05. The molecule has 1 N–H and O–H groups in total. The highest BCUT2D eigenvalue weighted by atomic mass is 16.6. The maximum atomic E-state index is 13.3. The second-order valence-corrected chi connectivity index (χ2v) is 7.41. The summed E-state index contributed by atoms with van der Waals surface area (Å²) in [6, 6.07) is 19.5. The predicted octanol–water partition coefficient (Wildman–Crippen LogP) is 2.92. The summed E-state index contributed by atoms with van der Waals surface area (Å²) in [5.41, 5.74) is 0.945. The molecule has 2 aromatic carbocycles. The molecule has 0 unspecified atom stereocenters. The summed E-state index contributed by atoms with van der Waals surface area (Å²) >= 11 is 0. The van der Waals surface area contributed by atoms with Gasteiger partial charge in [-0.15, -0.1) is 0 Å². The molecule has 4 rings (SSSR count). The van der Waals surface area contributed by atoms with Crippen LogP contribution in [0.25, 0.3) is 0 Å². The number of nitrogens with one attached hydrogen (secondary N) is 1. The third kappa shape index (κ3) is 5.06. The van der Waals surface area contributed by atoms with Crippen LogP contribution in [0.2, 0.25) is 0 Å². The maximum Gasteiger partial charge on any atom is 0.287 e. The van der Waals surface area contributed by atoms with Crippen LogP contribution < -0.4 is 14.8 Å². The first-order chi connectivity index (χ1) is 15.1. The molecule has 0 fully saturated rings. The van der Waals surface area contributed by atoms with Crippen LogP contribution in [0.4, 0.5) is 0 Å². The quantitative estimate of drug-likeness (QED) is 0.636. The van der Waals surface area contributed by atoms with Gasteiger partial charge in [-0.1, -0.05) is 42.5 Å². The number of furan rings is 1. The van der Waals surface area contributed by atoms with Gasteiger partial charge in [0, 0.05) is 13.5 Å². The minimum Gasteiger partial charge on any atom is -0.486 e. The number of carbonyl (C=O) groups excluding carboxylic acids is 2. The van der Waals surface area contributed by atoms with Crippen LogP contribution in [0.3, 0.4) is 0 Å². The van der Waals surface area contributed by atoms with E-state index in [1.807, 2.05) is 54.6 Å². The highest BCUT2D eigenvalue weighted by molar-refractivity contribution is 5.95. The Hall–Kier alpha value is -3.74. The van der Waals surface area contributed by atoms with Crippen LogP contribution in [0.5, 0.6) is 11.5 Å². The second-order valence-electron chi connectivity index (χ2n) is 7.41. The molecular formula is C24H24N2O5. The topological polar surface area (TPSA) is 81.0 Å². The Labute approximate surface area is 180 Å². The number of nitrogens with zero attached hydrogens (tertiary/aromatic N) is 1. The van der Waals surface area contributed by atoms with Gasteiger partial charge < -0.3 is 24.1 Å². The first kappa shape index (κ1) is 20.5. The van der Waals surface area contributed by atoms with Crippen molar-refractivity contribution in [1.82, 2.24) is 10.2 Å². The molecule has 3 aromatic rings. The third-order valence-corrected chi connectivity index (χ3v) is 5.05. The standard InChI is InChI=1S/C24H24N2O5/c1-26(15-18-16-30-20-10-5-6-11-21(20)31-18)24(28)19(14-17-8-3-2-4-9-17)25-23(27)22-12-7-13-29-22/h2-13,18-19H,14-16H2,1H3,(H,25,27)/t18-,19-/m0/s1. The zero-order valence-corrected chi connectivity index (χ0v) is 17.2. The number of rotatable bonds is 7. The van der Waals surface area contributed by atoms with Crippen molar-refractivity contribution in [1.29, 1.82) is 0 Å². The molecule has 0 aliphatic carbocycles. The molecular weight excluding hydrogens is 396 g/mol.